The van der Waals surface area contributed by atoms with Gasteiger partial charge in [-0.25, -0.2) is 21.8 Å². The summed E-state index contributed by atoms with van der Waals surface area (Å²) in [4.78, 5) is 13.1. The first-order chi connectivity index (χ1) is 14.2. The molecule has 158 valence electrons. The van der Waals surface area contributed by atoms with Gasteiger partial charge in [-0.2, -0.15) is 0 Å². The predicted octanol–water partition coefficient (Wildman–Crippen LogP) is 1.79. The maximum atomic E-state index is 13.6. The maximum absolute atomic E-state index is 13.6. The number of benzene rings is 2. The van der Waals surface area contributed by atoms with Crippen LogP contribution >= 0.6 is 0 Å². The van der Waals surface area contributed by atoms with E-state index in [1.165, 1.54) is 55.2 Å². The highest BCUT2D eigenvalue weighted by Gasteiger charge is 2.25. The van der Waals surface area contributed by atoms with E-state index in [0.717, 1.165) is 4.31 Å². The van der Waals surface area contributed by atoms with Gasteiger partial charge in [0.25, 0.3) is 0 Å². The monoisotopic (exact) mass is 432 g/mol. The Morgan fingerprint density at radius 3 is 2.47 bits per heavy atom. The summed E-state index contributed by atoms with van der Waals surface area (Å²) in [6, 6.07) is 10.9. The fraction of sp³-hybridized carbons (Fsp3) is 0.263. The van der Waals surface area contributed by atoms with E-state index in [9.17, 15) is 17.6 Å². The van der Waals surface area contributed by atoms with Crippen LogP contribution in [0.15, 0.2) is 53.4 Å². The molecule has 0 aliphatic carbocycles. The van der Waals surface area contributed by atoms with Crippen molar-refractivity contribution < 1.29 is 17.6 Å². The largest absolute Gasteiger partial charge is 0.324 e. The van der Waals surface area contributed by atoms with E-state index >= 15 is 0 Å². The van der Waals surface area contributed by atoms with Crippen molar-refractivity contribution in [3.05, 3.63) is 65.7 Å². The lowest BCUT2D eigenvalue weighted by molar-refractivity contribution is -0.119. The second-order valence-electron chi connectivity index (χ2n) is 6.82. The van der Waals surface area contributed by atoms with E-state index in [2.05, 4.69) is 20.8 Å². The van der Waals surface area contributed by atoms with Gasteiger partial charge in [0.05, 0.1) is 4.90 Å². The molecule has 0 aliphatic rings. The standard InChI is InChI=1S/C19H21FN6O3S/c1-13-22-23-24-26(13)18(12-14-5-4-6-15(20)11-14)19(27)21-16-7-9-17(10-8-16)30(28,29)25(2)3/h4-11,18H,12H2,1-3H3,(H,21,27)/t18-/m1/s1. The minimum Gasteiger partial charge on any atom is -0.324 e. The van der Waals surface area contributed by atoms with Gasteiger partial charge in [-0.3, -0.25) is 4.79 Å². The second kappa shape index (κ2) is 8.67. The molecule has 2 aromatic carbocycles. The Morgan fingerprint density at radius 2 is 1.90 bits per heavy atom. The third kappa shape index (κ3) is 4.69. The van der Waals surface area contributed by atoms with E-state index < -0.39 is 27.8 Å². The lowest BCUT2D eigenvalue weighted by atomic mass is 10.0. The van der Waals surface area contributed by atoms with E-state index in [4.69, 9.17) is 0 Å². The number of nitrogens with one attached hydrogen (secondary N) is 1. The van der Waals surface area contributed by atoms with E-state index in [1.807, 2.05) is 0 Å². The molecule has 0 fully saturated rings. The first kappa shape index (κ1) is 21.5. The maximum Gasteiger partial charge on any atom is 0.249 e. The predicted molar refractivity (Wildman–Crippen MR) is 108 cm³/mol. The van der Waals surface area contributed by atoms with Gasteiger partial charge in [0, 0.05) is 26.2 Å². The molecule has 0 spiro atoms. The molecule has 0 aliphatic heterocycles. The van der Waals surface area contributed by atoms with Crippen LogP contribution in [0.3, 0.4) is 0 Å². The minimum atomic E-state index is -3.57. The first-order valence-corrected chi connectivity index (χ1v) is 10.4. The molecule has 11 heteroatoms. The number of aryl methyl sites for hydroxylation is 1. The van der Waals surface area contributed by atoms with Gasteiger partial charge >= 0.3 is 0 Å². The highest BCUT2D eigenvalue weighted by molar-refractivity contribution is 7.89. The molecule has 3 rings (SSSR count). The number of nitrogens with zero attached hydrogens (tertiary/aromatic N) is 5. The number of rotatable bonds is 7. The first-order valence-electron chi connectivity index (χ1n) is 9.01. The van der Waals surface area contributed by atoms with Crippen molar-refractivity contribution in [2.45, 2.75) is 24.3 Å². The number of sulfonamides is 1. The average Bonchev–Trinajstić information content (AvgIpc) is 3.12. The molecule has 0 bridgehead atoms. The molecular weight excluding hydrogens is 411 g/mol. The Hall–Kier alpha value is -3.18. The zero-order valence-electron chi connectivity index (χ0n) is 16.7. The van der Waals surface area contributed by atoms with Crippen LogP contribution in [0.25, 0.3) is 0 Å². The van der Waals surface area contributed by atoms with Crippen molar-refractivity contribution in [3.63, 3.8) is 0 Å². The van der Waals surface area contributed by atoms with Crippen molar-refractivity contribution in [2.75, 3.05) is 19.4 Å². The number of tetrazole rings is 1. The Kier molecular flexibility index (Phi) is 6.22. The summed E-state index contributed by atoms with van der Waals surface area (Å²) in [7, 11) is -0.688. The van der Waals surface area contributed by atoms with Gasteiger partial charge in [0.1, 0.15) is 17.7 Å². The van der Waals surface area contributed by atoms with Gasteiger partial charge < -0.3 is 5.32 Å². The van der Waals surface area contributed by atoms with Gasteiger partial charge in [-0.15, -0.1) is 5.10 Å². The molecule has 3 aromatic rings. The van der Waals surface area contributed by atoms with Crippen molar-refractivity contribution >= 4 is 21.6 Å². The lowest BCUT2D eigenvalue weighted by Crippen LogP contribution is -2.29. The van der Waals surface area contributed by atoms with Crippen LogP contribution < -0.4 is 5.32 Å². The van der Waals surface area contributed by atoms with Crippen LogP contribution in [0, 0.1) is 12.7 Å². The number of carbonyl (C=O) groups is 1. The molecule has 0 unspecified atom stereocenters. The molecule has 1 atom stereocenters. The Bertz CT molecular complexity index is 1150. The third-order valence-corrected chi connectivity index (χ3v) is 6.30. The number of halogens is 1. The Balaban J connectivity index is 1.84. The second-order valence-corrected chi connectivity index (χ2v) is 8.97. The van der Waals surface area contributed by atoms with E-state index in [0.29, 0.717) is 17.1 Å². The summed E-state index contributed by atoms with van der Waals surface area (Å²) in [5.41, 5.74) is 1.02. The van der Waals surface area contributed by atoms with Crippen LogP contribution in [0.4, 0.5) is 10.1 Å². The molecule has 0 saturated heterocycles. The van der Waals surface area contributed by atoms with Gasteiger partial charge in [-0.05, 0) is 59.3 Å². The average molecular weight is 432 g/mol. The lowest BCUT2D eigenvalue weighted by Gasteiger charge is -2.18. The number of amides is 1. The summed E-state index contributed by atoms with van der Waals surface area (Å²) >= 11 is 0. The Labute approximate surface area is 173 Å². The third-order valence-electron chi connectivity index (χ3n) is 4.47. The smallest absolute Gasteiger partial charge is 0.249 e. The molecule has 0 saturated carbocycles. The van der Waals surface area contributed by atoms with Crippen LogP contribution in [-0.4, -0.2) is 52.9 Å². The SMILES string of the molecule is Cc1nnnn1[C@H](Cc1cccc(F)c1)C(=O)Nc1ccc(S(=O)(=O)N(C)C)cc1. The fourth-order valence-electron chi connectivity index (χ4n) is 2.85. The molecule has 1 N–H and O–H groups in total. The topological polar surface area (TPSA) is 110 Å². The summed E-state index contributed by atoms with van der Waals surface area (Å²) in [6.07, 6.45) is 0.169. The zero-order valence-corrected chi connectivity index (χ0v) is 17.5. The number of anilines is 1. The number of carbonyl (C=O) groups excluding carboxylic acids is 1. The number of hydrogen-bond acceptors (Lipinski definition) is 6. The quantitative estimate of drug-likeness (QED) is 0.610. The minimum absolute atomic E-state index is 0.109. The highest BCUT2D eigenvalue weighted by Crippen LogP contribution is 2.20. The molecule has 1 aromatic heterocycles. The molecular formula is C19H21FN6O3S. The van der Waals surface area contributed by atoms with Crippen molar-refractivity contribution in [2.24, 2.45) is 0 Å². The normalized spacial score (nSPS) is 12.7. The summed E-state index contributed by atoms with van der Waals surface area (Å²) in [6.45, 7) is 1.66. The zero-order chi connectivity index (χ0) is 21.9. The van der Waals surface area contributed by atoms with Crippen LogP contribution in [0.5, 0.6) is 0 Å². The molecule has 1 heterocycles. The Morgan fingerprint density at radius 1 is 1.20 bits per heavy atom. The summed E-state index contributed by atoms with van der Waals surface area (Å²) in [5.74, 6) is -0.394. The molecule has 0 radical (unpaired) electrons. The fourth-order valence-corrected chi connectivity index (χ4v) is 3.75. The molecule has 1 amide bonds. The van der Waals surface area contributed by atoms with Crippen molar-refractivity contribution in [1.82, 2.24) is 24.5 Å². The molecule has 30 heavy (non-hydrogen) atoms. The van der Waals surface area contributed by atoms with Crippen molar-refractivity contribution in [3.8, 4) is 0 Å². The van der Waals surface area contributed by atoms with E-state index in [-0.39, 0.29) is 11.3 Å². The van der Waals surface area contributed by atoms with Gasteiger partial charge in [0.2, 0.25) is 15.9 Å². The number of aromatic nitrogens is 4. The van der Waals surface area contributed by atoms with Gasteiger partial charge in [0.15, 0.2) is 0 Å². The van der Waals surface area contributed by atoms with Crippen LogP contribution in [0.2, 0.25) is 0 Å². The van der Waals surface area contributed by atoms with Crippen LogP contribution in [0.1, 0.15) is 17.4 Å². The van der Waals surface area contributed by atoms with Crippen molar-refractivity contribution in [1.29, 1.82) is 0 Å². The number of hydrogen-bond donors (Lipinski definition) is 1. The van der Waals surface area contributed by atoms with Gasteiger partial charge in [-0.1, -0.05) is 12.1 Å². The highest BCUT2D eigenvalue weighted by atomic mass is 32.2. The summed E-state index contributed by atoms with van der Waals surface area (Å²) < 4.78 is 40.4. The summed E-state index contributed by atoms with van der Waals surface area (Å²) in [5, 5.41) is 14.0. The van der Waals surface area contributed by atoms with E-state index in [1.54, 1.807) is 19.1 Å². The van der Waals surface area contributed by atoms with Crippen LogP contribution in [-0.2, 0) is 21.2 Å². The molecule has 9 nitrogen and oxygen atoms in total.